The van der Waals surface area contributed by atoms with Crippen molar-refractivity contribution in [2.75, 3.05) is 13.1 Å². The Morgan fingerprint density at radius 1 is 1.26 bits per heavy atom. The summed E-state index contributed by atoms with van der Waals surface area (Å²) < 4.78 is 13.8. The standard InChI is InChI=1S/C19H20FN5O2/c1-11-17-13(19(27)24-25-7-3-2-4-8-25)10-15(21-18(17)23-22-11)12-5-6-16(26)14(20)9-12/h5-6,9-10,26H,2-4,7-8H2,1H3,(H,24,27)(H,21,22,23). The van der Waals surface area contributed by atoms with Crippen LogP contribution in [0.2, 0.25) is 0 Å². The number of aromatic hydroxyl groups is 1. The molecule has 1 fully saturated rings. The number of aromatic nitrogens is 3. The third-order valence-corrected chi connectivity index (χ3v) is 4.81. The van der Waals surface area contributed by atoms with Gasteiger partial charge in [-0.15, -0.1) is 0 Å². The molecular formula is C19H20FN5O2. The SMILES string of the molecule is Cc1[nH]nc2nc(-c3ccc(O)c(F)c3)cc(C(=O)NN3CCCCC3)c12. The summed E-state index contributed by atoms with van der Waals surface area (Å²) in [5.41, 5.74) is 5.39. The molecule has 8 heteroatoms. The minimum Gasteiger partial charge on any atom is -0.505 e. The molecule has 1 aliphatic heterocycles. The fourth-order valence-electron chi connectivity index (χ4n) is 3.38. The molecule has 3 heterocycles. The topological polar surface area (TPSA) is 94.1 Å². The van der Waals surface area contributed by atoms with Crippen molar-refractivity contribution in [1.82, 2.24) is 25.6 Å². The Morgan fingerprint density at radius 3 is 2.78 bits per heavy atom. The number of phenolic OH excluding ortho intramolecular Hbond substituents is 1. The maximum Gasteiger partial charge on any atom is 0.266 e. The Bertz CT molecular complexity index is 1010. The zero-order valence-electron chi connectivity index (χ0n) is 14.9. The number of H-pyrrole nitrogens is 1. The van der Waals surface area contributed by atoms with Gasteiger partial charge in [0.05, 0.1) is 16.6 Å². The zero-order chi connectivity index (χ0) is 19.0. The third-order valence-electron chi connectivity index (χ3n) is 4.81. The van der Waals surface area contributed by atoms with Crippen molar-refractivity contribution in [3.05, 3.63) is 41.3 Å². The highest BCUT2D eigenvalue weighted by atomic mass is 19.1. The van der Waals surface area contributed by atoms with Gasteiger partial charge < -0.3 is 5.11 Å². The van der Waals surface area contributed by atoms with Crippen molar-refractivity contribution >= 4 is 16.9 Å². The van der Waals surface area contributed by atoms with E-state index in [-0.39, 0.29) is 5.91 Å². The molecule has 0 spiro atoms. The fourth-order valence-corrected chi connectivity index (χ4v) is 3.38. The number of phenols is 1. The summed E-state index contributed by atoms with van der Waals surface area (Å²) in [7, 11) is 0. The molecule has 3 N–H and O–H groups in total. The van der Waals surface area contributed by atoms with E-state index in [0.29, 0.717) is 27.9 Å². The maximum atomic E-state index is 13.8. The van der Waals surface area contributed by atoms with Gasteiger partial charge in [0, 0.05) is 24.3 Å². The number of carbonyl (C=O) groups is 1. The van der Waals surface area contributed by atoms with Crippen molar-refractivity contribution in [3.8, 4) is 17.0 Å². The van der Waals surface area contributed by atoms with Gasteiger partial charge >= 0.3 is 0 Å². The molecule has 7 nitrogen and oxygen atoms in total. The summed E-state index contributed by atoms with van der Waals surface area (Å²) in [4.78, 5) is 17.4. The third kappa shape index (κ3) is 3.35. The number of halogens is 1. The van der Waals surface area contributed by atoms with Crippen LogP contribution in [-0.2, 0) is 0 Å². The quantitative estimate of drug-likeness (QED) is 0.660. The number of hydrogen-bond acceptors (Lipinski definition) is 5. The van der Waals surface area contributed by atoms with Crippen LogP contribution in [0, 0.1) is 12.7 Å². The Morgan fingerprint density at radius 2 is 2.04 bits per heavy atom. The van der Waals surface area contributed by atoms with E-state index in [1.165, 1.54) is 18.6 Å². The molecule has 0 aliphatic carbocycles. The van der Waals surface area contributed by atoms with Gasteiger partial charge in [0.15, 0.2) is 17.2 Å². The number of aromatic amines is 1. The van der Waals surface area contributed by atoms with Crippen molar-refractivity contribution in [3.63, 3.8) is 0 Å². The lowest BCUT2D eigenvalue weighted by molar-refractivity contribution is 0.0752. The van der Waals surface area contributed by atoms with Gasteiger partial charge in [0.25, 0.3) is 5.91 Å². The van der Waals surface area contributed by atoms with E-state index in [1.54, 1.807) is 12.1 Å². The van der Waals surface area contributed by atoms with Crippen LogP contribution in [0.4, 0.5) is 4.39 Å². The summed E-state index contributed by atoms with van der Waals surface area (Å²) in [6, 6.07) is 5.64. The van der Waals surface area contributed by atoms with Crippen LogP contribution in [0.15, 0.2) is 24.3 Å². The van der Waals surface area contributed by atoms with Crippen LogP contribution in [0.3, 0.4) is 0 Å². The number of pyridine rings is 1. The van der Waals surface area contributed by atoms with E-state index in [4.69, 9.17) is 0 Å². The number of amides is 1. The van der Waals surface area contributed by atoms with Gasteiger partial charge in [-0.25, -0.2) is 14.4 Å². The molecule has 1 aliphatic rings. The number of hydrogen-bond donors (Lipinski definition) is 3. The summed E-state index contributed by atoms with van der Waals surface area (Å²) in [5, 5.41) is 19.0. The van der Waals surface area contributed by atoms with E-state index in [0.717, 1.165) is 31.6 Å². The summed E-state index contributed by atoms with van der Waals surface area (Å²) in [6.07, 6.45) is 3.27. The Hall–Kier alpha value is -3.00. The molecule has 4 rings (SSSR count). The average Bonchev–Trinajstić information content (AvgIpc) is 3.05. The second kappa shape index (κ2) is 6.96. The van der Waals surface area contributed by atoms with Gasteiger partial charge in [0.1, 0.15) is 0 Å². The lowest BCUT2D eigenvalue weighted by atomic mass is 10.0. The van der Waals surface area contributed by atoms with Crippen LogP contribution in [0.25, 0.3) is 22.3 Å². The van der Waals surface area contributed by atoms with Gasteiger partial charge in [-0.2, -0.15) is 5.10 Å². The molecule has 0 bridgehead atoms. The molecule has 0 atom stereocenters. The predicted molar refractivity (Wildman–Crippen MR) is 98.6 cm³/mol. The van der Waals surface area contributed by atoms with E-state index in [9.17, 15) is 14.3 Å². The first-order valence-corrected chi connectivity index (χ1v) is 8.93. The average molecular weight is 369 g/mol. The minimum absolute atomic E-state index is 0.241. The largest absolute Gasteiger partial charge is 0.505 e. The lowest BCUT2D eigenvalue weighted by Crippen LogP contribution is -2.45. The summed E-state index contributed by atoms with van der Waals surface area (Å²) >= 11 is 0. The number of benzene rings is 1. The van der Waals surface area contributed by atoms with Gasteiger partial charge in [-0.1, -0.05) is 6.42 Å². The smallest absolute Gasteiger partial charge is 0.266 e. The van der Waals surface area contributed by atoms with Crippen LogP contribution in [0.5, 0.6) is 5.75 Å². The number of hydrazine groups is 1. The van der Waals surface area contributed by atoms with Gasteiger partial charge in [-0.05, 0) is 44.0 Å². The van der Waals surface area contributed by atoms with Crippen LogP contribution < -0.4 is 5.43 Å². The number of fused-ring (bicyclic) bond motifs is 1. The van der Waals surface area contributed by atoms with Gasteiger partial charge in [-0.3, -0.25) is 15.3 Å². The molecule has 140 valence electrons. The van der Waals surface area contributed by atoms with Crippen LogP contribution >= 0.6 is 0 Å². The second-order valence-corrected chi connectivity index (χ2v) is 6.76. The number of rotatable bonds is 3. The molecule has 2 aromatic heterocycles. The van der Waals surface area contributed by atoms with Crippen molar-refractivity contribution in [2.24, 2.45) is 0 Å². The van der Waals surface area contributed by atoms with E-state index >= 15 is 0 Å². The predicted octanol–water partition coefficient (Wildman–Crippen LogP) is 2.91. The first-order valence-electron chi connectivity index (χ1n) is 8.93. The van der Waals surface area contributed by atoms with Crippen molar-refractivity contribution < 1.29 is 14.3 Å². The number of aryl methyl sites for hydroxylation is 1. The Kier molecular flexibility index (Phi) is 4.49. The second-order valence-electron chi connectivity index (χ2n) is 6.76. The van der Waals surface area contributed by atoms with Crippen molar-refractivity contribution in [2.45, 2.75) is 26.2 Å². The normalized spacial score (nSPS) is 15.2. The van der Waals surface area contributed by atoms with E-state index in [2.05, 4.69) is 20.6 Å². The monoisotopic (exact) mass is 369 g/mol. The molecule has 1 amide bonds. The first kappa shape index (κ1) is 17.4. The number of nitrogens with zero attached hydrogens (tertiary/aromatic N) is 3. The molecule has 1 aromatic carbocycles. The highest BCUT2D eigenvalue weighted by molar-refractivity contribution is 6.07. The van der Waals surface area contributed by atoms with Crippen LogP contribution in [-0.4, -0.2) is 44.3 Å². The molecule has 0 unspecified atom stereocenters. The summed E-state index contributed by atoms with van der Waals surface area (Å²) in [5.74, 6) is -1.42. The zero-order valence-corrected chi connectivity index (χ0v) is 14.9. The molecule has 3 aromatic rings. The maximum absolute atomic E-state index is 13.8. The Balaban J connectivity index is 1.76. The number of nitrogens with one attached hydrogen (secondary N) is 2. The highest BCUT2D eigenvalue weighted by Crippen LogP contribution is 2.28. The van der Waals surface area contributed by atoms with Gasteiger partial charge in [0.2, 0.25) is 0 Å². The fraction of sp³-hybridized carbons (Fsp3) is 0.316. The van der Waals surface area contributed by atoms with Crippen molar-refractivity contribution in [1.29, 1.82) is 0 Å². The molecule has 1 saturated heterocycles. The van der Waals surface area contributed by atoms with E-state index in [1.807, 2.05) is 11.9 Å². The minimum atomic E-state index is -0.744. The molecule has 27 heavy (non-hydrogen) atoms. The first-order chi connectivity index (χ1) is 13.0. The highest BCUT2D eigenvalue weighted by Gasteiger charge is 2.20. The molecular weight excluding hydrogens is 349 g/mol. The van der Waals surface area contributed by atoms with Crippen LogP contribution in [0.1, 0.15) is 35.3 Å². The Labute approximate surface area is 155 Å². The van der Waals surface area contributed by atoms with E-state index < -0.39 is 11.6 Å². The lowest BCUT2D eigenvalue weighted by Gasteiger charge is -2.27. The number of carbonyl (C=O) groups excluding carboxylic acids is 1. The molecule has 0 radical (unpaired) electrons. The number of piperidine rings is 1. The summed E-state index contributed by atoms with van der Waals surface area (Å²) in [6.45, 7) is 3.47. The molecule has 0 saturated carbocycles.